The summed E-state index contributed by atoms with van der Waals surface area (Å²) in [6.45, 7) is 20.4. The van der Waals surface area contributed by atoms with Gasteiger partial charge in [0.25, 0.3) is 0 Å². The second kappa shape index (κ2) is 23.9. The SMILES string of the molecule is C#CCC(C(=O)OC)C1CCN(C(=O)OC(C)(C)C)CC1.C#CCC(CO)C1CCN(C(=O)OC(C)(C)C)CC1.COC(=O)C1CCN(C(=O)OC(C)(C)C)CC1. The summed E-state index contributed by atoms with van der Waals surface area (Å²) in [4.78, 5) is 63.8. The number of amides is 3. The van der Waals surface area contributed by atoms with Crippen LogP contribution in [-0.4, -0.2) is 127 Å². The number of carbonyl (C=O) groups excluding carboxylic acids is 5. The molecule has 3 saturated heterocycles. The first-order valence-corrected chi connectivity index (χ1v) is 20.1. The van der Waals surface area contributed by atoms with Gasteiger partial charge in [-0.05, 0) is 119 Å². The maximum atomic E-state index is 12.0. The highest BCUT2D eigenvalue weighted by Crippen LogP contribution is 2.30. The molecule has 1 N–H and O–H groups in total. The summed E-state index contributed by atoms with van der Waals surface area (Å²) in [7, 11) is 2.77. The standard InChI is InChI=1S/C16H25NO4.C15H25NO3.C12H21NO4/c1-6-7-13(14(18)20-5)12-8-10-17(11-9-12)15(19)21-16(2,3)4;1-5-6-13(11-17)12-7-9-16(10-8-12)14(18)19-15(2,3)4;1-12(2,3)17-11(15)13-7-5-9(6-8-13)10(14)16-4/h1,12-13H,7-11H2,2-5H3;1,12-13,17H,6-11H2,2-4H3;9H,5-8H2,1-4H3. The lowest BCUT2D eigenvalue weighted by atomic mass is 9.82. The van der Waals surface area contributed by atoms with E-state index in [0.717, 1.165) is 25.7 Å². The average molecular weight is 806 g/mol. The van der Waals surface area contributed by atoms with Gasteiger partial charge in [0, 0.05) is 58.7 Å². The van der Waals surface area contributed by atoms with Crippen molar-refractivity contribution >= 4 is 30.2 Å². The van der Waals surface area contributed by atoms with Gasteiger partial charge >= 0.3 is 30.2 Å². The number of likely N-dealkylation sites (tertiary alicyclic amines) is 3. The number of piperidine rings is 3. The van der Waals surface area contributed by atoms with Crippen molar-refractivity contribution in [3.63, 3.8) is 0 Å². The van der Waals surface area contributed by atoms with Crippen molar-refractivity contribution in [1.29, 1.82) is 0 Å². The number of aliphatic hydroxyl groups is 1. The van der Waals surface area contributed by atoms with Gasteiger partial charge in [0.2, 0.25) is 0 Å². The van der Waals surface area contributed by atoms with Crippen LogP contribution < -0.4 is 0 Å². The Labute approximate surface area is 342 Å². The molecule has 324 valence electrons. The Morgan fingerprint density at radius 1 is 0.596 bits per heavy atom. The third-order valence-corrected chi connectivity index (χ3v) is 9.76. The number of esters is 2. The van der Waals surface area contributed by atoms with Gasteiger partial charge in [-0.1, -0.05) is 0 Å². The molecule has 0 spiro atoms. The van der Waals surface area contributed by atoms with Gasteiger partial charge in [0.15, 0.2) is 0 Å². The number of terminal acetylenes is 2. The largest absolute Gasteiger partial charge is 0.469 e. The van der Waals surface area contributed by atoms with E-state index in [1.165, 1.54) is 14.2 Å². The minimum Gasteiger partial charge on any atom is -0.469 e. The Bertz CT molecular complexity index is 1360. The Morgan fingerprint density at radius 2 is 0.947 bits per heavy atom. The Morgan fingerprint density at radius 3 is 1.25 bits per heavy atom. The van der Waals surface area contributed by atoms with Crippen molar-refractivity contribution in [2.24, 2.45) is 29.6 Å². The number of nitrogens with zero attached hydrogens (tertiary/aromatic N) is 3. The van der Waals surface area contributed by atoms with E-state index in [0.29, 0.717) is 70.9 Å². The number of hydrogen-bond acceptors (Lipinski definition) is 11. The second-order valence-electron chi connectivity index (χ2n) is 17.8. The quantitative estimate of drug-likeness (QED) is 0.170. The number of hydrogen-bond donors (Lipinski definition) is 1. The van der Waals surface area contributed by atoms with E-state index >= 15 is 0 Å². The minimum absolute atomic E-state index is 0.0845. The van der Waals surface area contributed by atoms with Crippen molar-refractivity contribution < 1.29 is 52.8 Å². The molecule has 0 aliphatic carbocycles. The number of carbonyl (C=O) groups is 5. The lowest BCUT2D eigenvalue weighted by molar-refractivity contribution is -0.148. The van der Waals surface area contributed by atoms with Gasteiger partial charge in [0.05, 0.1) is 26.1 Å². The second-order valence-corrected chi connectivity index (χ2v) is 17.8. The van der Waals surface area contributed by atoms with Crippen LogP contribution in [0.2, 0.25) is 0 Å². The van der Waals surface area contributed by atoms with Gasteiger partial charge in [-0.3, -0.25) is 9.59 Å². The summed E-state index contributed by atoms with van der Waals surface area (Å²) in [6.07, 6.45) is 15.3. The fraction of sp³-hybridized carbons (Fsp3) is 0.791. The molecule has 3 fully saturated rings. The van der Waals surface area contributed by atoms with Crippen molar-refractivity contribution in [3.05, 3.63) is 0 Å². The molecular formula is C43H71N3O11. The molecule has 3 aliphatic rings. The molecule has 14 nitrogen and oxygen atoms in total. The highest BCUT2D eigenvalue weighted by molar-refractivity contribution is 5.74. The Balaban J connectivity index is 0.000000430. The van der Waals surface area contributed by atoms with Gasteiger partial charge < -0.3 is 43.5 Å². The first-order valence-electron chi connectivity index (χ1n) is 20.1. The van der Waals surface area contributed by atoms with Crippen molar-refractivity contribution in [3.8, 4) is 24.7 Å². The zero-order valence-electron chi connectivity index (χ0n) is 36.5. The first kappa shape index (κ1) is 50.8. The molecule has 0 aromatic carbocycles. The van der Waals surface area contributed by atoms with Crippen LogP contribution in [0.25, 0.3) is 0 Å². The molecule has 0 bridgehead atoms. The Kier molecular flexibility index (Phi) is 21.3. The van der Waals surface area contributed by atoms with E-state index in [1.54, 1.807) is 14.7 Å². The third-order valence-electron chi connectivity index (χ3n) is 9.76. The molecule has 3 amide bonds. The number of aliphatic hydroxyl groups excluding tert-OH is 1. The third kappa shape index (κ3) is 19.7. The first-order chi connectivity index (χ1) is 26.5. The predicted molar refractivity (Wildman–Crippen MR) is 217 cm³/mol. The fourth-order valence-corrected chi connectivity index (χ4v) is 6.73. The lowest BCUT2D eigenvalue weighted by Crippen LogP contribution is -2.43. The van der Waals surface area contributed by atoms with E-state index in [4.69, 9.17) is 36.5 Å². The molecule has 0 radical (unpaired) electrons. The highest BCUT2D eigenvalue weighted by atomic mass is 16.6. The topological polar surface area (TPSA) is 161 Å². The Hall–Kier alpha value is -4.17. The monoisotopic (exact) mass is 806 g/mol. The normalized spacial score (nSPS) is 18.1. The molecule has 57 heavy (non-hydrogen) atoms. The van der Waals surface area contributed by atoms with Crippen LogP contribution in [0, 0.1) is 54.3 Å². The van der Waals surface area contributed by atoms with E-state index in [9.17, 15) is 29.1 Å². The van der Waals surface area contributed by atoms with Crippen LogP contribution in [0.4, 0.5) is 14.4 Å². The summed E-state index contributed by atoms with van der Waals surface area (Å²) in [6, 6.07) is 0. The van der Waals surface area contributed by atoms with Crippen LogP contribution in [0.5, 0.6) is 0 Å². The maximum absolute atomic E-state index is 12.0. The van der Waals surface area contributed by atoms with Crippen LogP contribution in [0.1, 0.15) is 114 Å². The smallest absolute Gasteiger partial charge is 0.410 e. The molecular weight excluding hydrogens is 734 g/mol. The molecule has 0 saturated carbocycles. The van der Waals surface area contributed by atoms with Gasteiger partial charge in [0.1, 0.15) is 16.8 Å². The highest BCUT2D eigenvalue weighted by Gasteiger charge is 2.35. The average Bonchev–Trinajstić information content (AvgIpc) is 3.14. The molecule has 0 aromatic heterocycles. The van der Waals surface area contributed by atoms with Crippen molar-refractivity contribution in [2.45, 2.75) is 130 Å². The molecule has 3 heterocycles. The van der Waals surface area contributed by atoms with Gasteiger partial charge in [-0.2, -0.15) is 0 Å². The van der Waals surface area contributed by atoms with E-state index in [2.05, 4.69) is 11.8 Å². The fourth-order valence-electron chi connectivity index (χ4n) is 6.73. The van der Waals surface area contributed by atoms with Crippen LogP contribution in [0.15, 0.2) is 0 Å². The maximum Gasteiger partial charge on any atom is 0.410 e. The van der Waals surface area contributed by atoms with E-state index in [1.807, 2.05) is 62.3 Å². The molecule has 3 rings (SSSR count). The zero-order valence-corrected chi connectivity index (χ0v) is 36.5. The van der Waals surface area contributed by atoms with Crippen LogP contribution >= 0.6 is 0 Å². The van der Waals surface area contributed by atoms with Gasteiger partial charge in [-0.25, -0.2) is 14.4 Å². The van der Waals surface area contributed by atoms with Gasteiger partial charge in [-0.15, -0.1) is 24.7 Å². The summed E-state index contributed by atoms with van der Waals surface area (Å²) < 4.78 is 25.5. The lowest BCUT2D eigenvalue weighted by Gasteiger charge is -2.35. The molecule has 14 heteroatoms. The van der Waals surface area contributed by atoms with E-state index < -0.39 is 16.8 Å². The summed E-state index contributed by atoms with van der Waals surface area (Å²) in [5, 5.41) is 9.34. The van der Waals surface area contributed by atoms with Crippen LogP contribution in [0.3, 0.4) is 0 Å². The summed E-state index contributed by atoms with van der Waals surface area (Å²) in [5.74, 6) is 5.07. The number of rotatable bonds is 7. The summed E-state index contributed by atoms with van der Waals surface area (Å²) >= 11 is 0. The summed E-state index contributed by atoms with van der Waals surface area (Å²) in [5.41, 5.74) is -1.42. The molecule has 2 atom stereocenters. The molecule has 3 aliphatic heterocycles. The number of methoxy groups -OCH3 is 2. The van der Waals surface area contributed by atoms with E-state index in [-0.39, 0.29) is 60.5 Å². The minimum atomic E-state index is -0.494. The van der Waals surface area contributed by atoms with Crippen molar-refractivity contribution in [1.82, 2.24) is 14.7 Å². The molecule has 2 unspecified atom stereocenters. The predicted octanol–water partition coefficient (Wildman–Crippen LogP) is 6.52. The number of ether oxygens (including phenoxy) is 5. The molecule has 0 aromatic rings. The van der Waals surface area contributed by atoms with Crippen molar-refractivity contribution in [2.75, 3.05) is 60.1 Å². The zero-order chi connectivity index (χ0) is 43.6. The van der Waals surface area contributed by atoms with Crippen LogP contribution in [-0.2, 0) is 33.3 Å².